The van der Waals surface area contributed by atoms with Crippen molar-refractivity contribution >= 4 is 67.9 Å². The first-order valence-electron chi connectivity index (χ1n) is 18.2. The van der Waals surface area contributed by atoms with Crippen molar-refractivity contribution in [1.82, 2.24) is 19.1 Å². The van der Waals surface area contributed by atoms with E-state index in [1.54, 1.807) is 0 Å². The predicted octanol–water partition coefficient (Wildman–Crippen LogP) is 12.7. The maximum absolute atomic E-state index is 4.67. The Kier molecular flexibility index (Phi) is 7.77. The van der Waals surface area contributed by atoms with E-state index in [0.29, 0.717) is 0 Å². The van der Waals surface area contributed by atoms with Gasteiger partial charge in [0.2, 0.25) is 0 Å². The minimum atomic E-state index is 0.838. The molecule has 0 amide bonds. The summed E-state index contributed by atoms with van der Waals surface area (Å²) in [7, 11) is 0. The van der Waals surface area contributed by atoms with Crippen LogP contribution in [0.2, 0.25) is 0 Å². The molecule has 4 heterocycles. The smallest absolute Gasteiger partial charge is 0.0892 e. The van der Waals surface area contributed by atoms with Gasteiger partial charge in [-0.25, -0.2) is 0 Å². The number of rotatable bonds is 7. The lowest BCUT2D eigenvalue weighted by Crippen LogP contribution is -1.93. The van der Waals surface area contributed by atoms with Gasteiger partial charge in [-0.2, -0.15) is 0 Å². The van der Waals surface area contributed by atoms with Crippen LogP contribution in [0.25, 0.3) is 90.7 Å². The van der Waals surface area contributed by atoms with Crippen LogP contribution in [0.5, 0.6) is 0 Å². The van der Waals surface area contributed by atoms with Crippen LogP contribution in [-0.4, -0.2) is 19.1 Å². The van der Waals surface area contributed by atoms with Gasteiger partial charge >= 0.3 is 0 Å². The van der Waals surface area contributed by atoms with Gasteiger partial charge in [0, 0.05) is 45.3 Å². The zero-order valence-corrected chi connectivity index (χ0v) is 29.4. The van der Waals surface area contributed by atoms with Crippen LogP contribution < -0.4 is 0 Å². The van der Waals surface area contributed by atoms with E-state index in [4.69, 9.17) is 0 Å². The van der Waals surface area contributed by atoms with E-state index in [1.165, 1.54) is 43.6 Å². The summed E-state index contributed by atoms with van der Waals surface area (Å²) < 4.78 is 4.68. The molecule has 4 nitrogen and oxygen atoms in total. The minimum absolute atomic E-state index is 0.838. The zero-order chi connectivity index (χ0) is 35.8. The molecule has 0 unspecified atom stereocenters. The monoisotopic (exact) mass is 690 g/mol. The molecule has 0 radical (unpaired) electrons. The Morgan fingerprint density at radius 2 is 0.630 bits per heavy atom. The van der Waals surface area contributed by atoms with E-state index in [0.717, 1.165) is 45.0 Å². The van der Waals surface area contributed by atoms with Crippen molar-refractivity contribution in [3.8, 4) is 22.8 Å². The third-order valence-corrected chi connectivity index (χ3v) is 10.2. The number of fused-ring (bicyclic) bond motifs is 6. The molecule has 10 rings (SSSR count). The van der Waals surface area contributed by atoms with E-state index in [2.05, 4.69) is 201 Å². The van der Waals surface area contributed by atoms with Crippen molar-refractivity contribution in [3.63, 3.8) is 0 Å². The summed E-state index contributed by atoms with van der Waals surface area (Å²) in [5.41, 5.74) is 13.2. The van der Waals surface area contributed by atoms with Crippen LogP contribution in [0.4, 0.5) is 0 Å². The SMILES string of the molecule is C(=C\c1ccnc(-c2cc(/C=C/c3ccc(-n4c5ccccc5c5ccccc54)cc3)ccn2)c1)/c1ccc(-n2c3ccccc3c3ccccc32)cc1. The van der Waals surface area contributed by atoms with Gasteiger partial charge in [-0.1, -0.05) is 121 Å². The van der Waals surface area contributed by atoms with Crippen molar-refractivity contribution in [2.75, 3.05) is 0 Å². The fourth-order valence-electron chi connectivity index (χ4n) is 7.64. The lowest BCUT2D eigenvalue weighted by atomic mass is 10.1. The molecule has 0 fully saturated rings. The molecule has 254 valence electrons. The summed E-state index contributed by atoms with van der Waals surface area (Å²) in [4.78, 5) is 9.33. The number of hydrogen-bond acceptors (Lipinski definition) is 2. The summed E-state index contributed by atoms with van der Waals surface area (Å²) in [5.74, 6) is 0. The van der Waals surface area contributed by atoms with Crippen molar-refractivity contribution in [1.29, 1.82) is 0 Å². The largest absolute Gasteiger partial charge is 0.309 e. The average Bonchev–Trinajstić information content (AvgIpc) is 3.76. The van der Waals surface area contributed by atoms with Gasteiger partial charge in [0.1, 0.15) is 0 Å². The first-order valence-corrected chi connectivity index (χ1v) is 18.2. The highest BCUT2D eigenvalue weighted by molar-refractivity contribution is 6.10. The highest BCUT2D eigenvalue weighted by atomic mass is 15.0. The predicted molar refractivity (Wildman–Crippen MR) is 227 cm³/mol. The van der Waals surface area contributed by atoms with Gasteiger partial charge in [0.05, 0.1) is 33.5 Å². The summed E-state index contributed by atoms with van der Waals surface area (Å²) in [6.07, 6.45) is 12.3. The van der Waals surface area contributed by atoms with E-state index >= 15 is 0 Å². The molecule has 54 heavy (non-hydrogen) atoms. The highest BCUT2D eigenvalue weighted by Crippen LogP contribution is 2.33. The zero-order valence-electron chi connectivity index (χ0n) is 29.4. The molecule has 0 saturated heterocycles. The average molecular weight is 691 g/mol. The standard InChI is InChI=1S/C50H34N4/c1-5-13-47-41(9-1)42-10-2-6-14-48(42)53(47)39-25-21-35(22-26-39)17-19-37-29-31-51-45(33-37)46-34-38(30-32-52-46)20-18-36-23-27-40(28-24-36)54-49-15-7-3-11-43(49)44-12-4-8-16-50(44)54/h1-34H/b19-17+,20-18+. The first-order chi connectivity index (χ1) is 26.8. The van der Waals surface area contributed by atoms with Gasteiger partial charge in [-0.15, -0.1) is 0 Å². The Balaban J connectivity index is 0.863. The molecule has 0 spiro atoms. The quantitative estimate of drug-likeness (QED) is 0.167. The van der Waals surface area contributed by atoms with Crippen molar-refractivity contribution in [2.45, 2.75) is 0 Å². The van der Waals surface area contributed by atoms with Crippen LogP contribution in [0.3, 0.4) is 0 Å². The summed E-state index contributed by atoms with van der Waals surface area (Å²) >= 11 is 0. The second-order valence-corrected chi connectivity index (χ2v) is 13.5. The molecule has 0 atom stereocenters. The van der Waals surface area contributed by atoms with Crippen molar-refractivity contribution < 1.29 is 0 Å². The Morgan fingerprint density at radius 1 is 0.315 bits per heavy atom. The van der Waals surface area contributed by atoms with Gasteiger partial charge in [-0.05, 0) is 95.1 Å². The van der Waals surface area contributed by atoms with E-state index in [-0.39, 0.29) is 0 Å². The molecule has 0 N–H and O–H groups in total. The number of pyridine rings is 2. The Hall–Kier alpha value is -7.30. The molecule has 0 aliphatic heterocycles. The van der Waals surface area contributed by atoms with Crippen LogP contribution in [0, 0.1) is 0 Å². The lowest BCUT2D eigenvalue weighted by molar-refractivity contribution is 1.18. The molecule has 4 heteroatoms. The molecule has 4 aromatic heterocycles. The molecular weight excluding hydrogens is 657 g/mol. The fourth-order valence-corrected chi connectivity index (χ4v) is 7.64. The maximum Gasteiger partial charge on any atom is 0.0892 e. The van der Waals surface area contributed by atoms with Crippen LogP contribution in [0.15, 0.2) is 182 Å². The number of para-hydroxylation sites is 4. The second kappa shape index (κ2) is 13.4. The van der Waals surface area contributed by atoms with Crippen LogP contribution in [0.1, 0.15) is 22.3 Å². The van der Waals surface area contributed by atoms with E-state index in [9.17, 15) is 0 Å². The summed E-state index contributed by atoms with van der Waals surface area (Å²) in [6, 6.07) is 60.1. The second-order valence-electron chi connectivity index (χ2n) is 13.5. The summed E-state index contributed by atoms with van der Waals surface area (Å²) in [5, 5.41) is 5.07. The van der Waals surface area contributed by atoms with Gasteiger partial charge < -0.3 is 9.13 Å². The van der Waals surface area contributed by atoms with Gasteiger partial charge in [0.15, 0.2) is 0 Å². The Morgan fingerprint density at radius 3 is 0.981 bits per heavy atom. The van der Waals surface area contributed by atoms with Crippen LogP contribution in [-0.2, 0) is 0 Å². The molecular formula is C50H34N4. The third kappa shape index (κ3) is 5.67. The Labute approximate surface area is 313 Å². The molecule has 6 aromatic carbocycles. The lowest BCUT2D eigenvalue weighted by Gasteiger charge is -2.08. The molecule has 0 saturated carbocycles. The summed E-state index contributed by atoms with van der Waals surface area (Å²) in [6.45, 7) is 0. The molecule has 10 aromatic rings. The first kappa shape index (κ1) is 31.4. The van der Waals surface area contributed by atoms with Gasteiger partial charge in [-0.3, -0.25) is 9.97 Å². The van der Waals surface area contributed by atoms with Crippen molar-refractivity contribution in [3.05, 3.63) is 205 Å². The number of nitrogens with zero attached hydrogens (tertiary/aromatic N) is 4. The minimum Gasteiger partial charge on any atom is -0.309 e. The number of aromatic nitrogens is 4. The number of benzene rings is 6. The molecule has 0 aliphatic carbocycles. The van der Waals surface area contributed by atoms with E-state index < -0.39 is 0 Å². The van der Waals surface area contributed by atoms with Crippen LogP contribution >= 0.6 is 0 Å². The topological polar surface area (TPSA) is 35.6 Å². The highest BCUT2D eigenvalue weighted by Gasteiger charge is 2.12. The van der Waals surface area contributed by atoms with E-state index in [1.807, 2.05) is 24.5 Å². The Bertz CT molecular complexity index is 2720. The normalized spacial score (nSPS) is 11.9. The fraction of sp³-hybridized carbons (Fsp3) is 0. The molecule has 0 bridgehead atoms. The number of hydrogen-bond donors (Lipinski definition) is 0. The van der Waals surface area contributed by atoms with Crippen molar-refractivity contribution in [2.24, 2.45) is 0 Å². The third-order valence-electron chi connectivity index (χ3n) is 10.2. The van der Waals surface area contributed by atoms with Gasteiger partial charge in [0.25, 0.3) is 0 Å². The maximum atomic E-state index is 4.67. The molecule has 0 aliphatic rings.